The lowest BCUT2D eigenvalue weighted by Crippen LogP contribution is -2.39. The number of benzene rings is 4. The van der Waals surface area contributed by atoms with Gasteiger partial charge in [-0.2, -0.15) is 0 Å². The van der Waals surface area contributed by atoms with Crippen LogP contribution in [0.1, 0.15) is 51.4 Å². The second-order valence-corrected chi connectivity index (χ2v) is 15.9. The van der Waals surface area contributed by atoms with E-state index in [-0.39, 0.29) is 0 Å². The maximum Gasteiger partial charge on any atom is -0.00659 e. The Morgan fingerprint density at radius 1 is 0.447 bits per heavy atom. The van der Waals surface area contributed by atoms with Crippen LogP contribution >= 0.6 is 15.8 Å². The summed E-state index contributed by atoms with van der Waals surface area (Å²) in [5.74, 6) is 1.61. The van der Waals surface area contributed by atoms with Crippen molar-refractivity contribution >= 4 is 37.1 Å². The van der Waals surface area contributed by atoms with Gasteiger partial charge in [0.1, 0.15) is 0 Å². The molecule has 194 valence electrons. The Labute approximate surface area is 232 Å². The summed E-state index contributed by atoms with van der Waals surface area (Å²) < 4.78 is 0. The number of hydrogen-bond acceptors (Lipinski definition) is 0. The lowest BCUT2D eigenvalue weighted by Gasteiger charge is -2.44. The van der Waals surface area contributed by atoms with Crippen LogP contribution < -0.4 is 21.2 Å². The Hall–Kier alpha value is -2.26. The summed E-state index contributed by atoms with van der Waals surface area (Å²) in [7, 11) is -0.824. The number of rotatable bonds is 8. The first-order valence-electron chi connectivity index (χ1n) is 14.7. The van der Waals surface area contributed by atoms with E-state index < -0.39 is 15.8 Å². The van der Waals surface area contributed by atoms with E-state index in [0.717, 1.165) is 23.2 Å². The second kappa shape index (κ2) is 12.7. The topological polar surface area (TPSA) is 0 Å². The summed E-state index contributed by atoms with van der Waals surface area (Å²) in [5.41, 5.74) is 1.50. The summed E-state index contributed by atoms with van der Waals surface area (Å²) in [5, 5.41) is 6.30. The molecule has 0 spiro atoms. The van der Waals surface area contributed by atoms with Gasteiger partial charge in [-0.25, -0.2) is 0 Å². The van der Waals surface area contributed by atoms with Crippen LogP contribution in [0.25, 0.3) is 0 Å². The van der Waals surface area contributed by atoms with Crippen LogP contribution in [0.2, 0.25) is 0 Å². The molecule has 0 aromatic heterocycles. The molecule has 2 heteroatoms. The zero-order chi connectivity index (χ0) is 25.6. The molecule has 0 aliphatic heterocycles. The zero-order valence-corrected chi connectivity index (χ0v) is 24.2. The Morgan fingerprint density at radius 3 is 1.37 bits per heavy atom. The third kappa shape index (κ3) is 5.69. The molecule has 2 fully saturated rings. The van der Waals surface area contributed by atoms with Crippen molar-refractivity contribution in [3.05, 3.63) is 121 Å². The lowest BCUT2D eigenvalue weighted by molar-refractivity contribution is 0.300. The molecule has 38 heavy (non-hydrogen) atoms. The van der Waals surface area contributed by atoms with Crippen molar-refractivity contribution in [1.82, 2.24) is 0 Å². The van der Waals surface area contributed by atoms with Gasteiger partial charge >= 0.3 is 0 Å². The Kier molecular flexibility index (Phi) is 8.71. The van der Waals surface area contributed by atoms with E-state index in [4.69, 9.17) is 0 Å². The van der Waals surface area contributed by atoms with Crippen LogP contribution in [0.5, 0.6) is 0 Å². The summed E-state index contributed by atoms with van der Waals surface area (Å²) in [6, 6.07) is 46.3. The molecule has 2 aliphatic rings. The molecule has 0 heterocycles. The molecule has 2 aliphatic carbocycles. The summed E-state index contributed by atoms with van der Waals surface area (Å²) >= 11 is 0. The zero-order valence-electron chi connectivity index (χ0n) is 22.4. The molecule has 0 unspecified atom stereocenters. The van der Waals surface area contributed by atoms with Crippen LogP contribution in [0.4, 0.5) is 0 Å². The monoisotopic (exact) mass is 534 g/mol. The van der Waals surface area contributed by atoms with Gasteiger partial charge in [0.25, 0.3) is 0 Å². The first-order chi connectivity index (χ1) is 18.9. The second-order valence-electron chi connectivity index (χ2n) is 11.1. The molecule has 2 saturated carbocycles. The smallest absolute Gasteiger partial charge is 0.00659 e. The van der Waals surface area contributed by atoms with Crippen molar-refractivity contribution < 1.29 is 0 Å². The molecule has 6 rings (SSSR count). The molecular weight excluding hydrogens is 494 g/mol. The van der Waals surface area contributed by atoms with E-state index in [1.165, 1.54) is 51.4 Å². The maximum atomic E-state index is 2.44. The van der Waals surface area contributed by atoms with Crippen LogP contribution in [0.3, 0.4) is 0 Å². The predicted octanol–water partition coefficient (Wildman–Crippen LogP) is 8.37. The molecule has 0 N–H and O–H groups in total. The standard InChI is InChI=1S/C36H40P2/c1-6-17-29(18-7-1)36(38(32-23-12-4-13-24-32)33-25-14-5-15-26-33)34-27-16-28-35(34)37(30-19-8-2-9-20-30)31-21-10-3-11-22-31/h2-5,8-15,19-26,29,34-36H,1,6-7,16-18,27-28H2/t34-,35-,36+/m1/s1. The normalized spacial score (nSPS) is 21.1. The quantitative estimate of drug-likeness (QED) is 0.199. The molecule has 0 radical (unpaired) electrons. The van der Waals surface area contributed by atoms with Crippen LogP contribution in [-0.2, 0) is 0 Å². The summed E-state index contributed by atoms with van der Waals surface area (Å²) in [6.07, 6.45) is 11.2. The van der Waals surface area contributed by atoms with Gasteiger partial charge in [-0.1, -0.05) is 147 Å². The van der Waals surface area contributed by atoms with Crippen LogP contribution in [0.15, 0.2) is 121 Å². The third-order valence-electron chi connectivity index (χ3n) is 8.87. The summed E-state index contributed by atoms with van der Waals surface area (Å²) in [4.78, 5) is 0. The first kappa shape index (κ1) is 26.0. The predicted molar refractivity (Wildman–Crippen MR) is 170 cm³/mol. The van der Waals surface area contributed by atoms with Crippen molar-refractivity contribution in [2.75, 3.05) is 0 Å². The average molecular weight is 535 g/mol. The average Bonchev–Trinajstić information content (AvgIpc) is 3.47. The largest absolute Gasteiger partial charge is 0.0622 e. The molecule has 4 aromatic rings. The highest BCUT2D eigenvalue weighted by Crippen LogP contribution is 2.59. The molecule has 3 atom stereocenters. The highest BCUT2D eigenvalue weighted by molar-refractivity contribution is 7.74. The van der Waals surface area contributed by atoms with Crippen molar-refractivity contribution in [3.8, 4) is 0 Å². The molecule has 0 amide bonds. The van der Waals surface area contributed by atoms with E-state index in [9.17, 15) is 0 Å². The Balaban J connectivity index is 1.47. The minimum Gasteiger partial charge on any atom is -0.0622 e. The maximum absolute atomic E-state index is 2.44. The van der Waals surface area contributed by atoms with E-state index >= 15 is 0 Å². The molecular formula is C36H40P2. The molecule has 0 nitrogen and oxygen atoms in total. The van der Waals surface area contributed by atoms with E-state index in [0.29, 0.717) is 0 Å². The minimum absolute atomic E-state index is 0.397. The summed E-state index contributed by atoms with van der Waals surface area (Å²) in [6.45, 7) is 0. The van der Waals surface area contributed by atoms with Gasteiger partial charge < -0.3 is 0 Å². The van der Waals surface area contributed by atoms with Crippen molar-refractivity contribution in [2.45, 2.75) is 62.7 Å². The first-order valence-corrected chi connectivity index (χ1v) is 17.5. The Morgan fingerprint density at radius 2 is 0.895 bits per heavy atom. The van der Waals surface area contributed by atoms with E-state index in [2.05, 4.69) is 121 Å². The van der Waals surface area contributed by atoms with Gasteiger partial charge in [0.2, 0.25) is 0 Å². The van der Waals surface area contributed by atoms with E-state index in [1.54, 1.807) is 21.2 Å². The molecule has 0 bridgehead atoms. The molecule has 0 saturated heterocycles. The van der Waals surface area contributed by atoms with E-state index in [1.807, 2.05) is 0 Å². The van der Waals surface area contributed by atoms with Crippen molar-refractivity contribution in [2.24, 2.45) is 11.8 Å². The fraction of sp³-hybridized carbons (Fsp3) is 0.333. The van der Waals surface area contributed by atoms with Crippen molar-refractivity contribution in [1.29, 1.82) is 0 Å². The SMILES string of the molecule is c1ccc(P(c2ccccc2)[C@@H]2CCC[C@H]2[C@H](C2CCCCC2)P(c2ccccc2)c2ccccc2)cc1. The lowest BCUT2D eigenvalue weighted by atomic mass is 9.81. The van der Waals surface area contributed by atoms with Gasteiger partial charge in [-0.15, -0.1) is 0 Å². The fourth-order valence-corrected chi connectivity index (χ4v) is 14.1. The van der Waals surface area contributed by atoms with Gasteiger partial charge in [0, 0.05) is 0 Å². The van der Waals surface area contributed by atoms with Crippen LogP contribution in [-0.4, -0.2) is 11.3 Å². The Bertz CT molecular complexity index is 1160. The van der Waals surface area contributed by atoms with Crippen molar-refractivity contribution in [3.63, 3.8) is 0 Å². The van der Waals surface area contributed by atoms with Gasteiger partial charge in [-0.05, 0) is 85.9 Å². The third-order valence-corrected chi connectivity index (χ3v) is 15.0. The van der Waals surface area contributed by atoms with Gasteiger partial charge in [0.05, 0.1) is 0 Å². The molecule has 4 aromatic carbocycles. The highest BCUT2D eigenvalue weighted by atomic mass is 31.1. The van der Waals surface area contributed by atoms with Crippen LogP contribution in [0, 0.1) is 11.8 Å². The fourth-order valence-electron chi connectivity index (χ4n) is 7.30. The van der Waals surface area contributed by atoms with Gasteiger partial charge in [0.15, 0.2) is 0 Å². The highest BCUT2D eigenvalue weighted by Gasteiger charge is 2.45. The number of hydrogen-bond donors (Lipinski definition) is 0. The minimum atomic E-state index is -0.427. The van der Waals surface area contributed by atoms with Gasteiger partial charge in [-0.3, -0.25) is 0 Å².